The van der Waals surface area contributed by atoms with Crippen LogP contribution in [-0.2, 0) is 0 Å². The van der Waals surface area contributed by atoms with Crippen LogP contribution in [0.5, 0.6) is 11.5 Å². The summed E-state index contributed by atoms with van der Waals surface area (Å²) >= 11 is 3.31. The molecule has 0 radical (unpaired) electrons. The van der Waals surface area contributed by atoms with Crippen LogP contribution in [0.15, 0.2) is 16.6 Å². The van der Waals surface area contributed by atoms with Gasteiger partial charge in [0.25, 0.3) is 0 Å². The zero-order chi connectivity index (χ0) is 13.7. The zero-order valence-corrected chi connectivity index (χ0v) is 12.3. The van der Waals surface area contributed by atoms with E-state index in [1.807, 2.05) is 0 Å². The maximum atomic E-state index is 10.9. The third-order valence-corrected chi connectivity index (χ3v) is 3.01. The normalized spacial score (nSPS) is 10.5. The fraction of sp³-hybridized carbons (Fsp3) is 0.462. The van der Waals surface area contributed by atoms with Gasteiger partial charge in [0.1, 0.15) is 0 Å². The summed E-state index contributed by atoms with van der Waals surface area (Å²) in [6.45, 7) is 4.80. The van der Waals surface area contributed by atoms with Crippen molar-refractivity contribution in [2.75, 3.05) is 13.7 Å². The molecule has 0 spiro atoms. The molecule has 5 heteroatoms. The molecule has 0 saturated heterocycles. The highest BCUT2D eigenvalue weighted by Crippen LogP contribution is 2.36. The minimum atomic E-state index is -0.997. The molecule has 1 N–H and O–H groups in total. The Morgan fingerprint density at radius 1 is 1.44 bits per heavy atom. The highest BCUT2D eigenvalue weighted by atomic mass is 79.9. The van der Waals surface area contributed by atoms with Gasteiger partial charge in [0, 0.05) is 0 Å². The smallest absolute Gasteiger partial charge is 0.335 e. The summed E-state index contributed by atoms with van der Waals surface area (Å²) in [6, 6.07) is 2.97. The summed E-state index contributed by atoms with van der Waals surface area (Å²) in [7, 11) is 1.49. The molecule has 0 atom stereocenters. The van der Waals surface area contributed by atoms with E-state index in [0.29, 0.717) is 28.5 Å². The monoisotopic (exact) mass is 316 g/mol. The lowest BCUT2D eigenvalue weighted by atomic mass is 10.1. The van der Waals surface area contributed by atoms with Crippen molar-refractivity contribution in [1.29, 1.82) is 0 Å². The number of carbonyl (C=O) groups is 1. The molecule has 1 rings (SSSR count). The Bertz CT molecular complexity index is 429. The summed E-state index contributed by atoms with van der Waals surface area (Å²) in [6.07, 6.45) is 0.927. The van der Waals surface area contributed by atoms with Crippen LogP contribution in [0.25, 0.3) is 0 Å². The zero-order valence-electron chi connectivity index (χ0n) is 10.7. The lowest BCUT2D eigenvalue weighted by molar-refractivity contribution is 0.0696. The van der Waals surface area contributed by atoms with Crippen molar-refractivity contribution < 1.29 is 19.4 Å². The molecule has 0 heterocycles. The highest BCUT2D eigenvalue weighted by molar-refractivity contribution is 9.10. The Balaban J connectivity index is 2.93. The molecular weight excluding hydrogens is 300 g/mol. The number of benzene rings is 1. The van der Waals surface area contributed by atoms with Gasteiger partial charge in [-0.15, -0.1) is 0 Å². The molecule has 1 aromatic rings. The van der Waals surface area contributed by atoms with Gasteiger partial charge in [-0.1, -0.05) is 13.8 Å². The van der Waals surface area contributed by atoms with Crippen LogP contribution in [0.2, 0.25) is 0 Å². The average molecular weight is 317 g/mol. The van der Waals surface area contributed by atoms with Gasteiger partial charge in [-0.2, -0.15) is 0 Å². The van der Waals surface area contributed by atoms with Crippen LogP contribution in [-0.4, -0.2) is 24.8 Å². The molecule has 0 saturated carbocycles. The molecule has 18 heavy (non-hydrogen) atoms. The molecule has 0 aliphatic heterocycles. The van der Waals surface area contributed by atoms with Crippen LogP contribution in [0.3, 0.4) is 0 Å². The Hall–Kier alpha value is -1.23. The molecule has 0 aliphatic carbocycles. The standard InChI is InChI=1S/C13H17BrO4/c1-8(2)4-5-18-12-10(14)6-9(13(15)16)7-11(12)17-3/h6-8H,4-5H2,1-3H3,(H,15,16). The van der Waals surface area contributed by atoms with Crippen molar-refractivity contribution in [3.8, 4) is 11.5 Å². The maximum Gasteiger partial charge on any atom is 0.335 e. The van der Waals surface area contributed by atoms with Gasteiger partial charge < -0.3 is 14.6 Å². The highest BCUT2D eigenvalue weighted by Gasteiger charge is 2.15. The van der Waals surface area contributed by atoms with Crippen molar-refractivity contribution in [3.05, 3.63) is 22.2 Å². The Morgan fingerprint density at radius 2 is 2.11 bits per heavy atom. The van der Waals surface area contributed by atoms with E-state index >= 15 is 0 Å². The topological polar surface area (TPSA) is 55.8 Å². The van der Waals surface area contributed by atoms with E-state index in [-0.39, 0.29) is 5.56 Å². The van der Waals surface area contributed by atoms with E-state index in [2.05, 4.69) is 29.8 Å². The van der Waals surface area contributed by atoms with Gasteiger partial charge in [0.15, 0.2) is 11.5 Å². The average Bonchev–Trinajstić information content (AvgIpc) is 2.29. The van der Waals surface area contributed by atoms with E-state index in [9.17, 15) is 4.79 Å². The summed E-state index contributed by atoms with van der Waals surface area (Å²) in [4.78, 5) is 10.9. The molecule has 0 amide bonds. The van der Waals surface area contributed by atoms with Crippen LogP contribution < -0.4 is 9.47 Å². The van der Waals surface area contributed by atoms with E-state index < -0.39 is 5.97 Å². The molecule has 0 aliphatic rings. The molecule has 4 nitrogen and oxygen atoms in total. The molecule has 0 unspecified atom stereocenters. The van der Waals surface area contributed by atoms with Crippen LogP contribution in [0.4, 0.5) is 0 Å². The maximum absolute atomic E-state index is 10.9. The van der Waals surface area contributed by atoms with Crippen molar-refractivity contribution in [2.24, 2.45) is 5.92 Å². The number of hydrogen-bond acceptors (Lipinski definition) is 3. The first-order valence-corrected chi connectivity index (χ1v) is 6.48. The Kier molecular flexibility index (Phi) is 5.47. The molecule has 0 aromatic heterocycles. The van der Waals surface area contributed by atoms with Crippen molar-refractivity contribution in [1.82, 2.24) is 0 Å². The van der Waals surface area contributed by atoms with Crippen molar-refractivity contribution in [3.63, 3.8) is 0 Å². The number of ether oxygens (including phenoxy) is 2. The third-order valence-electron chi connectivity index (χ3n) is 2.42. The predicted octanol–water partition coefficient (Wildman–Crippen LogP) is 3.58. The second-order valence-electron chi connectivity index (χ2n) is 4.33. The summed E-state index contributed by atoms with van der Waals surface area (Å²) in [5, 5.41) is 8.95. The first-order valence-electron chi connectivity index (χ1n) is 5.69. The van der Waals surface area contributed by atoms with Gasteiger partial charge >= 0.3 is 5.97 Å². The predicted molar refractivity (Wildman–Crippen MR) is 72.6 cm³/mol. The largest absolute Gasteiger partial charge is 0.493 e. The molecule has 0 fully saturated rings. The van der Waals surface area contributed by atoms with Gasteiger partial charge in [0.05, 0.1) is 23.8 Å². The fourth-order valence-corrected chi connectivity index (χ4v) is 1.94. The number of carboxylic acid groups (broad SMARTS) is 1. The van der Waals surface area contributed by atoms with Gasteiger partial charge in [-0.3, -0.25) is 0 Å². The van der Waals surface area contributed by atoms with Gasteiger partial charge in [-0.05, 0) is 40.4 Å². The van der Waals surface area contributed by atoms with Gasteiger partial charge in [0.2, 0.25) is 0 Å². The Morgan fingerprint density at radius 3 is 2.61 bits per heavy atom. The number of halogens is 1. The fourth-order valence-electron chi connectivity index (χ4n) is 1.38. The number of rotatable bonds is 6. The lowest BCUT2D eigenvalue weighted by Crippen LogP contribution is -2.05. The van der Waals surface area contributed by atoms with E-state index in [1.54, 1.807) is 0 Å². The third kappa shape index (κ3) is 3.91. The van der Waals surface area contributed by atoms with Crippen LogP contribution in [0.1, 0.15) is 30.6 Å². The second-order valence-corrected chi connectivity index (χ2v) is 5.18. The minimum absolute atomic E-state index is 0.162. The Labute approximate surface area is 115 Å². The quantitative estimate of drug-likeness (QED) is 0.871. The number of methoxy groups -OCH3 is 1. The lowest BCUT2D eigenvalue weighted by Gasteiger charge is -2.14. The summed E-state index contributed by atoms with van der Waals surface area (Å²) < 4.78 is 11.4. The van der Waals surface area contributed by atoms with E-state index in [0.717, 1.165) is 6.42 Å². The molecule has 0 bridgehead atoms. The molecule has 100 valence electrons. The minimum Gasteiger partial charge on any atom is -0.493 e. The SMILES string of the molecule is COc1cc(C(=O)O)cc(Br)c1OCCC(C)C. The summed E-state index contributed by atoms with van der Waals surface area (Å²) in [5.74, 6) is 0.518. The van der Waals surface area contributed by atoms with Crippen LogP contribution in [0, 0.1) is 5.92 Å². The van der Waals surface area contributed by atoms with E-state index in [1.165, 1.54) is 19.2 Å². The molecular formula is C13H17BrO4. The van der Waals surface area contributed by atoms with Crippen molar-refractivity contribution in [2.45, 2.75) is 20.3 Å². The number of aromatic carboxylic acids is 1. The molecule has 1 aromatic carbocycles. The first kappa shape index (κ1) is 14.8. The number of hydrogen-bond donors (Lipinski definition) is 1. The van der Waals surface area contributed by atoms with Gasteiger partial charge in [-0.25, -0.2) is 4.79 Å². The number of carboxylic acids is 1. The van der Waals surface area contributed by atoms with E-state index in [4.69, 9.17) is 14.6 Å². The van der Waals surface area contributed by atoms with Crippen molar-refractivity contribution >= 4 is 21.9 Å². The second kappa shape index (κ2) is 6.64. The first-order chi connectivity index (χ1) is 8.45. The summed E-state index contributed by atoms with van der Waals surface area (Å²) in [5.41, 5.74) is 0.162. The van der Waals surface area contributed by atoms with Crippen LogP contribution >= 0.6 is 15.9 Å².